The summed E-state index contributed by atoms with van der Waals surface area (Å²) in [6.45, 7) is 2.63. The Morgan fingerprint density at radius 1 is 1.34 bits per heavy atom. The van der Waals surface area contributed by atoms with Crippen molar-refractivity contribution in [3.05, 3.63) is 72.0 Å². The lowest BCUT2D eigenvalue weighted by molar-refractivity contribution is -0.386. The van der Waals surface area contributed by atoms with E-state index in [1.165, 1.54) is 18.3 Å². The van der Waals surface area contributed by atoms with Gasteiger partial charge in [-0.15, -0.1) is 0 Å². The highest BCUT2D eigenvalue weighted by Crippen LogP contribution is 2.34. The highest BCUT2D eigenvalue weighted by molar-refractivity contribution is 5.84. The van der Waals surface area contributed by atoms with Crippen molar-refractivity contribution in [1.82, 2.24) is 9.55 Å². The van der Waals surface area contributed by atoms with Crippen LogP contribution in [0.1, 0.15) is 62.1 Å². The van der Waals surface area contributed by atoms with Gasteiger partial charge < -0.3 is 19.7 Å². The van der Waals surface area contributed by atoms with Gasteiger partial charge in [0.05, 0.1) is 41.5 Å². The molecule has 41 heavy (non-hydrogen) atoms. The van der Waals surface area contributed by atoms with Crippen molar-refractivity contribution < 1.29 is 42.6 Å². The maximum absolute atomic E-state index is 12.5. The number of aromatic amines is 1. The summed E-state index contributed by atoms with van der Waals surface area (Å²) in [5.41, 5.74) is -1.63. The van der Waals surface area contributed by atoms with Gasteiger partial charge in [0.1, 0.15) is 12.3 Å². The Hall–Kier alpha value is -3.84. The SMILES string of the molecule is CC(C)C(OCc1cn([C@H]2C[C@@H](O)[C@@H](CO)O2)c(=O)[nH]c1=O)c1ccc(C#CCCC(=O)C(F)(F)F)cc1[N+](=O)[O-]. The molecule has 1 unspecified atom stereocenters. The van der Waals surface area contributed by atoms with Gasteiger partial charge in [-0.1, -0.05) is 25.7 Å². The summed E-state index contributed by atoms with van der Waals surface area (Å²) in [4.78, 5) is 49.1. The van der Waals surface area contributed by atoms with Crippen molar-refractivity contribution >= 4 is 11.5 Å². The van der Waals surface area contributed by atoms with E-state index < -0.39 is 65.7 Å². The molecular formula is C26H28F3N3O9. The minimum absolute atomic E-state index is 0.000618. The fourth-order valence-electron chi connectivity index (χ4n) is 4.22. The summed E-state index contributed by atoms with van der Waals surface area (Å²) >= 11 is 0. The van der Waals surface area contributed by atoms with E-state index in [2.05, 4.69) is 16.8 Å². The molecule has 0 saturated carbocycles. The lowest BCUT2D eigenvalue weighted by Gasteiger charge is -2.22. The third kappa shape index (κ3) is 7.88. The molecule has 12 nitrogen and oxygen atoms in total. The van der Waals surface area contributed by atoms with Crippen molar-refractivity contribution in [3.8, 4) is 11.8 Å². The molecule has 1 saturated heterocycles. The van der Waals surface area contributed by atoms with Gasteiger partial charge in [-0.3, -0.25) is 29.3 Å². The largest absolute Gasteiger partial charge is 0.450 e. The number of carbonyl (C=O) groups is 1. The van der Waals surface area contributed by atoms with Crippen molar-refractivity contribution in [2.24, 2.45) is 5.92 Å². The molecule has 15 heteroatoms. The Morgan fingerprint density at radius 3 is 2.63 bits per heavy atom. The number of alkyl halides is 3. The number of benzene rings is 1. The molecule has 1 aromatic carbocycles. The number of H-pyrrole nitrogens is 1. The zero-order chi connectivity index (χ0) is 30.5. The molecule has 1 aliphatic rings. The van der Waals surface area contributed by atoms with Crippen LogP contribution in [0.4, 0.5) is 18.9 Å². The van der Waals surface area contributed by atoms with Crippen LogP contribution in [0.3, 0.4) is 0 Å². The van der Waals surface area contributed by atoms with E-state index in [0.29, 0.717) is 0 Å². The molecule has 0 radical (unpaired) electrons. The number of hydrogen-bond donors (Lipinski definition) is 3. The molecule has 1 aliphatic heterocycles. The standard InChI is InChI=1S/C26H28F3N3O9/c1-14(2)23(17-8-7-15(9-18(17)32(38)39)5-3-4-6-21(35)26(27,28)29)40-13-16-11-31(25(37)30-24(16)36)22-10-19(34)20(12-33)41-22/h7-9,11,14,19-20,22-23,33-34H,4,6,10,12-13H2,1-2H3,(H,30,36,37)/t19-,20-,22-,23?/m1/s1. The van der Waals surface area contributed by atoms with Crippen LogP contribution in [-0.4, -0.2) is 55.5 Å². The van der Waals surface area contributed by atoms with Crippen LogP contribution in [0, 0.1) is 27.9 Å². The highest BCUT2D eigenvalue weighted by atomic mass is 19.4. The minimum Gasteiger partial charge on any atom is -0.394 e. The van der Waals surface area contributed by atoms with Gasteiger partial charge in [-0.2, -0.15) is 13.2 Å². The first-order valence-electron chi connectivity index (χ1n) is 12.5. The predicted molar refractivity (Wildman–Crippen MR) is 136 cm³/mol. The number of nitrogens with one attached hydrogen (secondary N) is 1. The molecule has 0 aliphatic carbocycles. The monoisotopic (exact) mass is 583 g/mol. The Bertz CT molecular complexity index is 1460. The predicted octanol–water partition coefficient (Wildman–Crippen LogP) is 2.26. The lowest BCUT2D eigenvalue weighted by atomic mass is 9.96. The zero-order valence-corrected chi connectivity index (χ0v) is 22.0. The second-order valence-corrected chi connectivity index (χ2v) is 9.66. The highest BCUT2D eigenvalue weighted by Gasteiger charge is 2.37. The number of ketones is 1. The number of hydrogen-bond acceptors (Lipinski definition) is 9. The van der Waals surface area contributed by atoms with Crippen LogP contribution < -0.4 is 11.2 Å². The second kappa shape index (κ2) is 13.2. The molecule has 3 N–H and O–H groups in total. The van der Waals surface area contributed by atoms with E-state index in [0.717, 1.165) is 10.6 Å². The number of ether oxygens (including phenoxy) is 2. The summed E-state index contributed by atoms with van der Waals surface area (Å²) in [6, 6.07) is 3.95. The van der Waals surface area contributed by atoms with Crippen LogP contribution >= 0.6 is 0 Å². The molecule has 222 valence electrons. The molecule has 0 amide bonds. The number of aliphatic hydroxyl groups is 2. The van der Waals surface area contributed by atoms with Crippen molar-refractivity contribution in [2.45, 2.75) is 70.4 Å². The van der Waals surface area contributed by atoms with Gasteiger partial charge in [-0.25, -0.2) is 4.79 Å². The normalized spacial score (nSPS) is 19.6. The van der Waals surface area contributed by atoms with Crippen LogP contribution in [-0.2, 0) is 20.9 Å². The Kier molecular flexibility index (Phi) is 10.2. The number of Topliss-reactive ketones (excluding diaryl/α,β-unsaturated/α-hetero) is 1. The van der Waals surface area contributed by atoms with Crippen molar-refractivity contribution in [1.29, 1.82) is 0 Å². The number of nitro groups is 1. The molecule has 4 atom stereocenters. The molecule has 3 rings (SSSR count). The Balaban J connectivity index is 1.82. The molecular weight excluding hydrogens is 555 g/mol. The van der Waals surface area contributed by atoms with E-state index in [1.54, 1.807) is 13.8 Å². The smallest absolute Gasteiger partial charge is 0.394 e. The third-order valence-corrected chi connectivity index (χ3v) is 6.32. The van der Waals surface area contributed by atoms with E-state index >= 15 is 0 Å². The van der Waals surface area contributed by atoms with E-state index in [4.69, 9.17) is 9.47 Å². The number of nitro benzene ring substituents is 1. The lowest BCUT2D eigenvalue weighted by Crippen LogP contribution is -2.34. The molecule has 1 aromatic heterocycles. The van der Waals surface area contributed by atoms with Gasteiger partial charge >= 0.3 is 11.9 Å². The van der Waals surface area contributed by atoms with Gasteiger partial charge in [0.15, 0.2) is 0 Å². The van der Waals surface area contributed by atoms with Crippen LogP contribution in [0.5, 0.6) is 0 Å². The van der Waals surface area contributed by atoms with Gasteiger partial charge in [0.2, 0.25) is 5.78 Å². The topological polar surface area (TPSA) is 174 Å². The first-order valence-corrected chi connectivity index (χ1v) is 12.5. The van der Waals surface area contributed by atoms with Gasteiger partial charge in [0, 0.05) is 37.1 Å². The fourth-order valence-corrected chi connectivity index (χ4v) is 4.22. The van der Waals surface area contributed by atoms with Crippen LogP contribution in [0.15, 0.2) is 34.0 Å². The second-order valence-electron chi connectivity index (χ2n) is 9.66. The molecule has 0 bridgehead atoms. The quantitative estimate of drug-likeness (QED) is 0.215. The van der Waals surface area contributed by atoms with Crippen LogP contribution in [0.25, 0.3) is 0 Å². The fraction of sp³-hybridized carbons (Fsp3) is 0.500. The van der Waals surface area contributed by atoms with E-state index in [-0.39, 0.29) is 47.7 Å². The third-order valence-electron chi connectivity index (χ3n) is 6.32. The summed E-state index contributed by atoms with van der Waals surface area (Å²) in [5, 5.41) is 31.1. The van der Waals surface area contributed by atoms with E-state index in [1.807, 2.05) is 0 Å². The maximum Gasteiger partial charge on any atom is 0.450 e. The summed E-state index contributed by atoms with van der Waals surface area (Å²) < 4.78 is 49.4. The first-order chi connectivity index (χ1) is 19.2. The average Bonchev–Trinajstić information content (AvgIpc) is 3.27. The summed E-state index contributed by atoms with van der Waals surface area (Å²) in [5.74, 6) is 2.68. The molecule has 2 heterocycles. The summed E-state index contributed by atoms with van der Waals surface area (Å²) in [6.07, 6.45) is -8.75. The molecule has 0 spiro atoms. The number of halogens is 3. The number of nitrogens with zero attached hydrogens (tertiary/aromatic N) is 2. The van der Waals surface area contributed by atoms with Gasteiger partial charge in [0.25, 0.3) is 11.2 Å². The first kappa shape index (κ1) is 31.7. The van der Waals surface area contributed by atoms with E-state index in [9.17, 15) is 47.9 Å². The number of carbonyl (C=O) groups excluding carboxylic acids is 1. The van der Waals surface area contributed by atoms with Crippen LogP contribution in [0.2, 0.25) is 0 Å². The number of aliphatic hydroxyl groups excluding tert-OH is 2. The number of rotatable bonds is 10. The Morgan fingerprint density at radius 2 is 2.05 bits per heavy atom. The van der Waals surface area contributed by atoms with Crippen molar-refractivity contribution in [2.75, 3.05) is 6.61 Å². The molecule has 1 fully saturated rings. The maximum atomic E-state index is 12.5. The number of aromatic nitrogens is 2. The average molecular weight is 584 g/mol. The zero-order valence-electron chi connectivity index (χ0n) is 22.0. The summed E-state index contributed by atoms with van der Waals surface area (Å²) in [7, 11) is 0. The molecule has 2 aromatic rings. The Labute approximate surface area is 230 Å². The van der Waals surface area contributed by atoms with Gasteiger partial charge in [-0.05, 0) is 18.1 Å². The van der Waals surface area contributed by atoms with Crippen molar-refractivity contribution in [3.63, 3.8) is 0 Å². The minimum atomic E-state index is -4.95.